The number of carbonyl (C=O) groups is 1. The number of thiol groups is 1. The predicted octanol–water partition coefficient (Wildman–Crippen LogP) is 1.98. The standard InChI is InChI=1S/C5H11NO2S.2C2H6.H2/c1-8-3-2-6-5(7)4-9;2*1-2;/h9H,2-4H2,1H3,(H,6,7);2*1-2H3;1H. The van der Waals surface area contributed by atoms with E-state index in [-0.39, 0.29) is 13.1 Å². The Balaban J connectivity index is -0.0000000883. The fourth-order valence-corrected chi connectivity index (χ4v) is 0.460. The van der Waals surface area contributed by atoms with Gasteiger partial charge in [-0.2, -0.15) is 12.6 Å². The van der Waals surface area contributed by atoms with Crippen molar-refractivity contribution >= 4 is 18.5 Å². The first kappa shape index (κ1) is 18.5. The summed E-state index contributed by atoms with van der Waals surface area (Å²) in [5.41, 5.74) is 0. The highest BCUT2D eigenvalue weighted by molar-refractivity contribution is 7.81. The monoisotopic (exact) mass is 211 g/mol. The number of nitrogens with one attached hydrogen (secondary N) is 1. The molecule has 0 heterocycles. The molecule has 0 unspecified atom stereocenters. The zero-order valence-electron chi connectivity index (χ0n) is 9.39. The van der Waals surface area contributed by atoms with Gasteiger partial charge in [0.05, 0.1) is 12.4 Å². The van der Waals surface area contributed by atoms with Gasteiger partial charge in [-0.25, -0.2) is 0 Å². The van der Waals surface area contributed by atoms with Crippen LogP contribution in [0.3, 0.4) is 0 Å². The molecule has 3 nitrogen and oxygen atoms in total. The van der Waals surface area contributed by atoms with Gasteiger partial charge in [-0.3, -0.25) is 4.79 Å². The Bertz CT molecular complexity index is 94.9. The predicted molar refractivity (Wildman–Crippen MR) is 63.5 cm³/mol. The van der Waals surface area contributed by atoms with E-state index in [4.69, 9.17) is 4.74 Å². The number of amides is 1. The molecule has 1 N–H and O–H groups in total. The molecule has 1 amide bonds. The summed E-state index contributed by atoms with van der Waals surface area (Å²) in [7, 11) is 1.59. The SMILES string of the molecule is CC.CC.COCCNC(=O)CS.[HH]. The number of hydrogen-bond acceptors (Lipinski definition) is 3. The zero-order valence-corrected chi connectivity index (χ0v) is 10.3. The molecular weight excluding hydrogens is 186 g/mol. The lowest BCUT2D eigenvalue weighted by Crippen LogP contribution is -2.27. The van der Waals surface area contributed by atoms with Crippen LogP contribution in [0.2, 0.25) is 0 Å². The molecule has 0 saturated carbocycles. The van der Waals surface area contributed by atoms with Gasteiger partial charge in [0.25, 0.3) is 0 Å². The molecule has 0 spiro atoms. The van der Waals surface area contributed by atoms with Crippen LogP contribution in [-0.4, -0.2) is 31.9 Å². The van der Waals surface area contributed by atoms with Crippen molar-refractivity contribution in [2.75, 3.05) is 26.0 Å². The molecule has 0 bridgehead atoms. The summed E-state index contributed by atoms with van der Waals surface area (Å²) < 4.78 is 4.70. The van der Waals surface area contributed by atoms with Crippen molar-refractivity contribution in [3.8, 4) is 0 Å². The second kappa shape index (κ2) is 22.6. The average molecular weight is 211 g/mol. The van der Waals surface area contributed by atoms with Crippen molar-refractivity contribution in [2.24, 2.45) is 0 Å². The molecule has 0 atom stereocenters. The van der Waals surface area contributed by atoms with E-state index in [0.29, 0.717) is 13.2 Å². The van der Waals surface area contributed by atoms with Gasteiger partial charge < -0.3 is 10.1 Å². The van der Waals surface area contributed by atoms with Crippen molar-refractivity contribution < 1.29 is 11.0 Å². The van der Waals surface area contributed by atoms with Gasteiger partial charge in [-0.15, -0.1) is 0 Å². The maximum absolute atomic E-state index is 10.4. The summed E-state index contributed by atoms with van der Waals surface area (Å²) in [6.07, 6.45) is 0. The molecule has 84 valence electrons. The Morgan fingerprint density at radius 2 is 1.85 bits per heavy atom. The van der Waals surface area contributed by atoms with Gasteiger partial charge in [0, 0.05) is 15.1 Å². The van der Waals surface area contributed by atoms with Crippen LogP contribution < -0.4 is 5.32 Å². The molecular formula is C9H25NO2S. The van der Waals surface area contributed by atoms with E-state index >= 15 is 0 Å². The third-order valence-corrected chi connectivity index (χ3v) is 1.06. The topological polar surface area (TPSA) is 38.3 Å². The quantitative estimate of drug-likeness (QED) is 0.551. The van der Waals surface area contributed by atoms with Crippen molar-refractivity contribution in [1.82, 2.24) is 5.32 Å². The highest BCUT2D eigenvalue weighted by Gasteiger charge is 1.92. The number of ether oxygens (including phenoxy) is 1. The fraction of sp³-hybridized carbons (Fsp3) is 0.889. The van der Waals surface area contributed by atoms with E-state index in [1.165, 1.54) is 0 Å². The number of hydrogen-bond donors (Lipinski definition) is 2. The number of rotatable bonds is 4. The Labute approximate surface area is 89.1 Å². The van der Waals surface area contributed by atoms with Crippen LogP contribution in [0.1, 0.15) is 29.1 Å². The van der Waals surface area contributed by atoms with E-state index in [0.717, 1.165) is 0 Å². The normalized spacial score (nSPS) is 7.23. The van der Waals surface area contributed by atoms with Gasteiger partial charge in [-0.05, 0) is 0 Å². The van der Waals surface area contributed by atoms with Crippen molar-refractivity contribution in [3.05, 3.63) is 0 Å². The molecule has 0 fully saturated rings. The minimum atomic E-state index is -0.0598. The molecule has 0 aromatic carbocycles. The summed E-state index contributed by atoms with van der Waals surface area (Å²) in [6.45, 7) is 9.12. The summed E-state index contributed by atoms with van der Waals surface area (Å²) >= 11 is 3.76. The maximum Gasteiger partial charge on any atom is 0.229 e. The largest absolute Gasteiger partial charge is 0.383 e. The molecule has 0 saturated heterocycles. The van der Waals surface area contributed by atoms with E-state index in [1.54, 1.807) is 7.11 Å². The minimum absolute atomic E-state index is 0. The van der Waals surface area contributed by atoms with Crippen LogP contribution in [0.4, 0.5) is 0 Å². The third kappa shape index (κ3) is 24.5. The summed E-state index contributed by atoms with van der Waals surface area (Å²) in [4.78, 5) is 10.4. The second-order valence-electron chi connectivity index (χ2n) is 1.50. The van der Waals surface area contributed by atoms with Gasteiger partial charge >= 0.3 is 0 Å². The maximum atomic E-state index is 10.4. The Morgan fingerprint density at radius 3 is 2.15 bits per heavy atom. The molecule has 0 aliphatic heterocycles. The molecule has 0 aliphatic rings. The van der Waals surface area contributed by atoms with E-state index in [1.807, 2.05) is 27.7 Å². The van der Waals surface area contributed by atoms with Crippen LogP contribution in [-0.2, 0) is 9.53 Å². The van der Waals surface area contributed by atoms with Crippen molar-refractivity contribution in [1.29, 1.82) is 0 Å². The molecule has 0 aromatic rings. The van der Waals surface area contributed by atoms with E-state index in [9.17, 15) is 4.79 Å². The summed E-state index contributed by atoms with van der Waals surface area (Å²) in [5, 5.41) is 2.59. The lowest BCUT2D eigenvalue weighted by molar-refractivity contribution is -0.118. The lowest BCUT2D eigenvalue weighted by Gasteiger charge is -1.99. The lowest BCUT2D eigenvalue weighted by atomic mass is 10.6. The van der Waals surface area contributed by atoms with Gasteiger partial charge in [0.15, 0.2) is 0 Å². The summed E-state index contributed by atoms with van der Waals surface area (Å²) in [5.74, 6) is 0.180. The minimum Gasteiger partial charge on any atom is -0.383 e. The number of carbonyl (C=O) groups excluding carboxylic acids is 1. The van der Waals surface area contributed by atoms with Crippen LogP contribution in [0, 0.1) is 0 Å². The van der Waals surface area contributed by atoms with Crippen LogP contribution >= 0.6 is 12.6 Å². The average Bonchev–Trinajstić information content (AvgIpc) is 2.24. The third-order valence-electron chi connectivity index (χ3n) is 0.772. The second-order valence-corrected chi connectivity index (χ2v) is 1.82. The smallest absolute Gasteiger partial charge is 0.229 e. The first-order valence-electron chi connectivity index (χ1n) is 4.67. The molecule has 0 aromatic heterocycles. The Hall–Kier alpha value is -0.220. The molecule has 0 rings (SSSR count). The molecule has 0 radical (unpaired) electrons. The van der Waals surface area contributed by atoms with Crippen LogP contribution in [0.15, 0.2) is 0 Å². The van der Waals surface area contributed by atoms with Crippen LogP contribution in [0.5, 0.6) is 0 Å². The first-order chi connectivity index (χ1) is 6.31. The first-order valence-corrected chi connectivity index (χ1v) is 5.31. The van der Waals surface area contributed by atoms with E-state index < -0.39 is 0 Å². The van der Waals surface area contributed by atoms with Crippen molar-refractivity contribution in [2.45, 2.75) is 27.7 Å². The molecule has 13 heavy (non-hydrogen) atoms. The summed E-state index contributed by atoms with van der Waals surface area (Å²) in [6, 6.07) is 0. The molecule has 4 heteroatoms. The van der Waals surface area contributed by atoms with Gasteiger partial charge in [0.2, 0.25) is 5.91 Å². The van der Waals surface area contributed by atoms with Crippen LogP contribution in [0.25, 0.3) is 0 Å². The highest BCUT2D eigenvalue weighted by Crippen LogP contribution is 1.72. The van der Waals surface area contributed by atoms with Gasteiger partial charge in [0.1, 0.15) is 0 Å². The van der Waals surface area contributed by atoms with Crippen molar-refractivity contribution in [3.63, 3.8) is 0 Å². The fourth-order valence-electron chi connectivity index (χ4n) is 0.348. The highest BCUT2D eigenvalue weighted by atomic mass is 32.1. The zero-order chi connectivity index (χ0) is 11.1. The molecule has 0 aliphatic carbocycles. The number of methoxy groups -OCH3 is 1. The van der Waals surface area contributed by atoms with E-state index in [2.05, 4.69) is 17.9 Å². The Morgan fingerprint density at radius 1 is 1.38 bits per heavy atom. The Kier molecular flexibility index (Phi) is 32.3. The van der Waals surface area contributed by atoms with Gasteiger partial charge in [-0.1, -0.05) is 27.7 Å².